The van der Waals surface area contributed by atoms with Gasteiger partial charge in [0, 0.05) is 18.8 Å². The van der Waals surface area contributed by atoms with Crippen molar-refractivity contribution in [3.8, 4) is 0 Å². The van der Waals surface area contributed by atoms with E-state index in [1.165, 1.54) is 12.1 Å². The summed E-state index contributed by atoms with van der Waals surface area (Å²) in [6.07, 6.45) is -4.42. The van der Waals surface area contributed by atoms with E-state index < -0.39 is 17.8 Å². The first kappa shape index (κ1) is 15.3. The molecule has 0 radical (unpaired) electrons. The van der Waals surface area contributed by atoms with E-state index in [0.29, 0.717) is 13.1 Å². The molecule has 0 atom stereocenters. The molecule has 0 unspecified atom stereocenters. The fraction of sp³-hybridized carbons (Fsp3) is 0.417. The number of halogens is 3. The molecule has 0 aliphatic carbocycles. The quantitative estimate of drug-likeness (QED) is 0.886. The molecule has 0 aliphatic heterocycles. The summed E-state index contributed by atoms with van der Waals surface area (Å²) in [6.45, 7) is 1.06. The highest BCUT2D eigenvalue weighted by molar-refractivity contribution is 5.89. The number of likely N-dealkylation sites (N-methyl/N-ethyl adjacent to an activating group) is 1. The van der Waals surface area contributed by atoms with Crippen LogP contribution in [-0.2, 0) is 6.18 Å². The monoisotopic (exact) mass is 275 g/mol. The number of anilines is 1. The molecule has 1 aromatic carbocycles. The lowest BCUT2D eigenvalue weighted by Crippen LogP contribution is -2.34. The minimum atomic E-state index is -4.42. The van der Waals surface area contributed by atoms with Crippen molar-refractivity contribution < 1.29 is 18.0 Å². The maximum Gasteiger partial charge on any atom is 0.416 e. The highest BCUT2D eigenvalue weighted by atomic mass is 19.4. The summed E-state index contributed by atoms with van der Waals surface area (Å²) in [5.74, 6) is 0. The molecule has 19 heavy (non-hydrogen) atoms. The number of hydrogen-bond donors (Lipinski definition) is 2. The number of hydrogen-bond acceptors (Lipinski definition) is 2. The molecular weight excluding hydrogens is 259 g/mol. The van der Waals surface area contributed by atoms with Crippen molar-refractivity contribution in [1.82, 2.24) is 10.2 Å². The van der Waals surface area contributed by atoms with Gasteiger partial charge in [0.05, 0.1) is 5.56 Å². The summed E-state index contributed by atoms with van der Waals surface area (Å²) in [5.41, 5.74) is -0.684. The molecule has 0 aromatic heterocycles. The van der Waals surface area contributed by atoms with Crippen LogP contribution < -0.4 is 10.6 Å². The van der Waals surface area contributed by atoms with Gasteiger partial charge < -0.3 is 15.5 Å². The van der Waals surface area contributed by atoms with Crippen molar-refractivity contribution in [2.45, 2.75) is 6.18 Å². The zero-order chi connectivity index (χ0) is 14.5. The molecular formula is C12H16F3N3O. The summed E-state index contributed by atoms with van der Waals surface area (Å²) >= 11 is 0. The van der Waals surface area contributed by atoms with Gasteiger partial charge in [0.2, 0.25) is 0 Å². The van der Waals surface area contributed by atoms with E-state index in [-0.39, 0.29) is 5.69 Å². The number of carbonyl (C=O) groups is 1. The topological polar surface area (TPSA) is 44.4 Å². The van der Waals surface area contributed by atoms with Gasteiger partial charge in [0.15, 0.2) is 0 Å². The van der Waals surface area contributed by atoms with Gasteiger partial charge in [0.1, 0.15) is 0 Å². The van der Waals surface area contributed by atoms with Crippen molar-refractivity contribution in [3.05, 3.63) is 29.8 Å². The van der Waals surface area contributed by atoms with Gasteiger partial charge in [-0.05, 0) is 32.3 Å². The molecule has 7 heteroatoms. The van der Waals surface area contributed by atoms with E-state index >= 15 is 0 Å². The molecule has 1 aromatic rings. The minimum absolute atomic E-state index is 0.108. The number of carbonyl (C=O) groups excluding carboxylic acids is 1. The van der Waals surface area contributed by atoms with Crippen molar-refractivity contribution >= 4 is 11.7 Å². The Kier molecular flexibility index (Phi) is 5.17. The van der Waals surface area contributed by atoms with Crippen LogP contribution >= 0.6 is 0 Å². The van der Waals surface area contributed by atoms with Gasteiger partial charge in [-0.15, -0.1) is 0 Å². The Hall–Kier alpha value is -1.76. The second kappa shape index (κ2) is 6.42. The number of nitrogens with one attached hydrogen (secondary N) is 2. The fourth-order valence-corrected chi connectivity index (χ4v) is 1.34. The van der Waals surface area contributed by atoms with Gasteiger partial charge in [-0.2, -0.15) is 13.2 Å². The molecule has 1 rings (SSSR count). The second-order valence-corrected chi connectivity index (χ2v) is 4.26. The molecule has 2 amide bonds. The van der Waals surface area contributed by atoms with E-state index in [1.54, 1.807) is 0 Å². The molecule has 2 N–H and O–H groups in total. The smallest absolute Gasteiger partial charge is 0.337 e. The first-order valence-electron chi connectivity index (χ1n) is 5.66. The normalized spacial score (nSPS) is 11.5. The molecule has 0 heterocycles. The van der Waals surface area contributed by atoms with Crippen LogP contribution in [0.25, 0.3) is 0 Å². The van der Waals surface area contributed by atoms with Crippen LogP contribution in [0.4, 0.5) is 23.7 Å². The average molecular weight is 275 g/mol. The first-order valence-corrected chi connectivity index (χ1v) is 5.66. The highest BCUT2D eigenvalue weighted by Crippen LogP contribution is 2.30. The average Bonchev–Trinajstić information content (AvgIpc) is 2.27. The fourth-order valence-electron chi connectivity index (χ4n) is 1.34. The number of urea groups is 1. The molecule has 106 valence electrons. The van der Waals surface area contributed by atoms with Crippen molar-refractivity contribution in [1.29, 1.82) is 0 Å². The Bertz CT molecular complexity index is 432. The third-order valence-electron chi connectivity index (χ3n) is 2.29. The molecule has 0 fully saturated rings. The summed E-state index contributed by atoms with van der Waals surface area (Å²) < 4.78 is 37.4. The van der Waals surface area contributed by atoms with Crippen molar-refractivity contribution in [2.75, 3.05) is 32.5 Å². The highest BCUT2D eigenvalue weighted by Gasteiger charge is 2.30. The standard InChI is InChI=1S/C12H16F3N3O/c1-18(2)7-6-16-11(19)17-10-5-3-4-9(8-10)12(13,14)15/h3-5,8H,6-7H2,1-2H3,(H2,16,17,19). The maximum atomic E-state index is 12.5. The van der Waals surface area contributed by atoms with Crippen LogP contribution in [0, 0.1) is 0 Å². The molecule has 4 nitrogen and oxygen atoms in total. The predicted octanol–water partition coefficient (Wildman–Crippen LogP) is 2.39. The summed E-state index contributed by atoms with van der Waals surface area (Å²) in [4.78, 5) is 13.3. The number of benzene rings is 1. The van der Waals surface area contributed by atoms with E-state index in [9.17, 15) is 18.0 Å². The van der Waals surface area contributed by atoms with Gasteiger partial charge in [0.25, 0.3) is 0 Å². The van der Waals surface area contributed by atoms with Gasteiger partial charge in [-0.3, -0.25) is 0 Å². The van der Waals surface area contributed by atoms with E-state index in [4.69, 9.17) is 0 Å². The Balaban J connectivity index is 2.55. The van der Waals surface area contributed by atoms with Crippen LogP contribution in [0.5, 0.6) is 0 Å². The van der Waals surface area contributed by atoms with E-state index in [1.807, 2.05) is 19.0 Å². The molecule has 0 saturated heterocycles. The largest absolute Gasteiger partial charge is 0.416 e. The van der Waals surface area contributed by atoms with Gasteiger partial charge >= 0.3 is 12.2 Å². The lowest BCUT2D eigenvalue weighted by molar-refractivity contribution is -0.137. The first-order chi connectivity index (χ1) is 8.79. The SMILES string of the molecule is CN(C)CCNC(=O)Nc1cccc(C(F)(F)F)c1. The number of rotatable bonds is 4. The Labute approximate surface area is 109 Å². The van der Waals surface area contributed by atoms with E-state index in [0.717, 1.165) is 12.1 Å². The predicted molar refractivity (Wildman–Crippen MR) is 67.0 cm³/mol. The van der Waals surface area contributed by atoms with E-state index in [2.05, 4.69) is 10.6 Å². The Morgan fingerprint density at radius 3 is 2.58 bits per heavy atom. The number of nitrogens with zero attached hydrogens (tertiary/aromatic N) is 1. The maximum absolute atomic E-state index is 12.5. The zero-order valence-electron chi connectivity index (χ0n) is 10.7. The Morgan fingerprint density at radius 1 is 1.32 bits per heavy atom. The lowest BCUT2D eigenvalue weighted by Gasteiger charge is -2.12. The van der Waals surface area contributed by atoms with Gasteiger partial charge in [-0.25, -0.2) is 4.79 Å². The molecule has 0 bridgehead atoms. The summed E-state index contributed by atoms with van der Waals surface area (Å²) in [6, 6.07) is 3.97. The third-order valence-corrected chi connectivity index (χ3v) is 2.29. The van der Waals surface area contributed by atoms with Crippen LogP contribution in [0.2, 0.25) is 0 Å². The van der Waals surface area contributed by atoms with Crippen LogP contribution in [0.15, 0.2) is 24.3 Å². The Morgan fingerprint density at radius 2 is 2.00 bits per heavy atom. The summed E-state index contributed by atoms with van der Waals surface area (Å²) in [7, 11) is 3.71. The second-order valence-electron chi connectivity index (χ2n) is 4.26. The molecule has 0 saturated carbocycles. The molecule has 0 spiro atoms. The molecule has 0 aliphatic rings. The number of alkyl halides is 3. The van der Waals surface area contributed by atoms with Crippen molar-refractivity contribution in [3.63, 3.8) is 0 Å². The minimum Gasteiger partial charge on any atom is -0.337 e. The van der Waals surface area contributed by atoms with Crippen LogP contribution in [0.3, 0.4) is 0 Å². The zero-order valence-corrected chi connectivity index (χ0v) is 10.7. The third kappa shape index (κ3) is 5.60. The van der Waals surface area contributed by atoms with Crippen LogP contribution in [0.1, 0.15) is 5.56 Å². The lowest BCUT2D eigenvalue weighted by atomic mass is 10.2. The summed E-state index contributed by atoms with van der Waals surface area (Å²) in [5, 5.41) is 4.91. The van der Waals surface area contributed by atoms with Crippen LogP contribution in [-0.4, -0.2) is 38.1 Å². The van der Waals surface area contributed by atoms with Gasteiger partial charge in [-0.1, -0.05) is 6.07 Å². The number of amides is 2. The van der Waals surface area contributed by atoms with Crippen molar-refractivity contribution in [2.24, 2.45) is 0 Å².